The van der Waals surface area contributed by atoms with E-state index in [9.17, 15) is 4.79 Å². The largest absolute Gasteiger partial charge is 0.481 e. The number of furan rings is 1. The van der Waals surface area contributed by atoms with Crippen molar-refractivity contribution >= 4 is 5.97 Å². The molecule has 0 saturated carbocycles. The van der Waals surface area contributed by atoms with Gasteiger partial charge in [0.2, 0.25) is 0 Å². The minimum Gasteiger partial charge on any atom is -0.481 e. The van der Waals surface area contributed by atoms with Gasteiger partial charge in [0, 0.05) is 23.9 Å². The third-order valence-corrected chi connectivity index (χ3v) is 2.27. The first-order valence-electron chi connectivity index (χ1n) is 4.95. The summed E-state index contributed by atoms with van der Waals surface area (Å²) in [6, 6.07) is 5.61. The average molecular weight is 217 g/mol. The summed E-state index contributed by atoms with van der Waals surface area (Å²) in [4.78, 5) is 14.6. The quantitative estimate of drug-likeness (QED) is 0.853. The maximum absolute atomic E-state index is 10.4. The summed E-state index contributed by atoms with van der Waals surface area (Å²) >= 11 is 0. The second kappa shape index (κ2) is 4.61. The Morgan fingerprint density at radius 2 is 2.25 bits per heavy atom. The maximum atomic E-state index is 10.4. The van der Waals surface area contributed by atoms with Crippen molar-refractivity contribution in [1.29, 1.82) is 0 Å². The lowest BCUT2D eigenvalue weighted by Gasteiger charge is -2.01. The summed E-state index contributed by atoms with van der Waals surface area (Å²) in [6.07, 6.45) is 5.48. The van der Waals surface area contributed by atoms with Crippen molar-refractivity contribution in [1.82, 2.24) is 4.98 Å². The van der Waals surface area contributed by atoms with Crippen molar-refractivity contribution in [2.24, 2.45) is 0 Å². The molecule has 0 amide bonds. The van der Waals surface area contributed by atoms with Crippen molar-refractivity contribution in [2.45, 2.75) is 12.8 Å². The SMILES string of the molecule is O=C(O)CCc1cc(-c2ccoc2)ccn1. The van der Waals surface area contributed by atoms with Gasteiger partial charge in [-0.3, -0.25) is 9.78 Å². The zero-order chi connectivity index (χ0) is 11.4. The highest BCUT2D eigenvalue weighted by molar-refractivity contribution is 5.67. The van der Waals surface area contributed by atoms with Gasteiger partial charge in [-0.25, -0.2) is 0 Å². The van der Waals surface area contributed by atoms with Crippen molar-refractivity contribution in [3.8, 4) is 11.1 Å². The number of rotatable bonds is 4. The van der Waals surface area contributed by atoms with Crippen LogP contribution in [0.3, 0.4) is 0 Å². The number of pyridine rings is 1. The topological polar surface area (TPSA) is 63.3 Å². The molecule has 0 atom stereocenters. The van der Waals surface area contributed by atoms with Gasteiger partial charge in [-0.2, -0.15) is 0 Å². The van der Waals surface area contributed by atoms with Crippen molar-refractivity contribution < 1.29 is 14.3 Å². The zero-order valence-corrected chi connectivity index (χ0v) is 8.59. The molecule has 2 heterocycles. The molecule has 2 aromatic rings. The lowest BCUT2D eigenvalue weighted by molar-refractivity contribution is -0.136. The van der Waals surface area contributed by atoms with Crippen LogP contribution < -0.4 is 0 Å². The van der Waals surface area contributed by atoms with Crippen LogP contribution in [-0.4, -0.2) is 16.1 Å². The molecule has 0 unspecified atom stereocenters. The molecule has 2 rings (SSSR count). The fourth-order valence-electron chi connectivity index (χ4n) is 1.46. The number of hydrogen-bond donors (Lipinski definition) is 1. The van der Waals surface area contributed by atoms with E-state index in [1.165, 1.54) is 0 Å². The van der Waals surface area contributed by atoms with E-state index in [-0.39, 0.29) is 6.42 Å². The molecule has 0 spiro atoms. The van der Waals surface area contributed by atoms with Gasteiger partial charge in [0.05, 0.1) is 18.9 Å². The molecule has 16 heavy (non-hydrogen) atoms. The third kappa shape index (κ3) is 2.48. The lowest BCUT2D eigenvalue weighted by Crippen LogP contribution is -1.99. The Labute approximate surface area is 92.6 Å². The van der Waals surface area contributed by atoms with Crippen LogP contribution in [0, 0.1) is 0 Å². The molecule has 0 aliphatic heterocycles. The molecular weight excluding hydrogens is 206 g/mol. The van der Waals surface area contributed by atoms with Crippen LogP contribution in [0.25, 0.3) is 11.1 Å². The number of carboxylic acid groups (broad SMARTS) is 1. The van der Waals surface area contributed by atoms with Gasteiger partial charge in [-0.15, -0.1) is 0 Å². The van der Waals surface area contributed by atoms with Gasteiger partial charge in [0.25, 0.3) is 0 Å². The van der Waals surface area contributed by atoms with Crippen LogP contribution in [-0.2, 0) is 11.2 Å². The number of hydrogen-bond acceptors (Lipinski definition) is 3. The van der Waals surface area contributed by atoms with E-state index in [1.54, 1.807) is 18.7 Å². The summed E-state index contributed by atoms with van der Waals surface area (Å²) in [5.41, 5.74) is 2.74. The molecular formula is C12H11NO3. The molecule has 0 bridgehead atoms. The van der Waals surface area contributed by atoms with Crippen LogP contribution in [0.2, 0.25) is 0 Å². The highest BCUT2D eigenvalue weighted by Crippen LogP contribution is 2.19. The first-order valence-corrected chi connectivity index (χ1v) is 4.95. The summed E-state index contributed by atoms with van der Waals surface area (Å²) in [5, 5.41) is 8.59. The highest BCUT2D eigenvalue weighted by atomic mass is 16.4. The van der Waals surface area contributed by atoms with Crippen LogP contribution in [0.15, 0.2) is 41.3 Å². The second-order valence-corrected chi connectivity index (χ2v) is 3.44. The van der Waals surface area contributed by atoms with Gasteiger partial charge in [-0.1, -0.05) is 0 Å². The summed E-state index contributed by atoms with van der Waals surface area (Å²) in [6.45, 7) is 0. The van der Waals surface area contributed by atoms with Gasteiger partial charge in [0.15, 0.2) is 0 Å². The van der Waals surface area contributed by atoms with Gasteiger partial charge >= 0.3 is 5.97 Å². The number of carbonyl (C=O) groups is 1. The molecule has 4 heteroatoms. The predicted octanol–water partition coefficient (Wildman–Crippen LogP) is 2.36. The first kappa shape index (κ1) is 10.4. The molecule has 1 N–H and O–H groups in total. The fraction of sp³-hybridized carbons (Fsp3) is 0.167. The Balaban J connectivity index is 2.17. The van der Waals surface area contributed by atoms with E-state index in [4.69, 9.17) is 9.52 Å². The predicted molar refractivity (Wildman–Crippen MR) is 57.9 cm³/mol. The molecule has 0 saturated heterocycles. The standard InChI is InChI=1S/C12H11NO3/c14-12(15)2-1-11-7-9(3-5-13-11)10-4-6-16-8-10/h3-8H,1-2H2,(H,14,15). The highest BCUT2D eigenvalue weighted by Gasteiger charge is 2.03. The van der Waals surface area contributed by atoms with Gasteiger partial charge in [-0.05, 0) is 23.8 Å². The molecule has 0 aromatic carbocycles. The monoisotopic (exact) mass is 217 g/mol. The van der Waals surface area contributed by atoms with Crippen LogP contribution in [0.5, 0.6) is 0 Å². The summed E-state index contributed by atoms with van der Waals surface area (Å²) in [7, 11) is 0. The zero-order valence-electron chi connectivity index (χ0n) is 8.59. The number of carboxylic acids is 1. The molecule has 0 aliphatic carbocycles. The van der Waals surface area contributed by atoms with E-state index >= 15 is 0 Å². The Morgan fingerprint density at radius 1 is 1.38 bits per heavy atom. The molecule has 0 aliphatic rings. The molecule has 2 aromatic heterocycles. The number of aryl methyl sites for hydroxylation is 1. The van der Waals surface area contributed by atoms with E-state index in [2.05, 4.69) is 4.98 Å². The third-order valence-electron chi connectivity index (χ3n) is 2.27. The minimum atomic E-state index is -0.810. The number of nitrogens with zero attached hydrogens (tertiary/aromatic N) is 1. The van der Waals surface area contributed by atoms with Crippen LogP contribution in [0.4, 0.5) is 0 Å². The van der Waals surface area contributed by atoms with Gasteiger partial charge in [0.1, 0.15) is 0 Å². The van der Waals surface area contributed by atoms with Crippen LogP contribution in [0.1, 0.15) is 12.1 Å². The first-order chi connectivity index (χ1) is 7.75. The lowest BCUT2D eigenvalue weighted by atomic mass is 10.1. The second-order valence-electron chi connectivity index (χ2n) is 3.44. The minimum absolute atomic E-state index is 0.0990. The molecule has 0 radical (unpaired) electrons. The van der Waals surface area contributed by atoms with Crippen LogP contribution >= 0.6 is 0 Å². The fourth-order valence-corrected chi connectivity index (χ4v) is 1.46. The molecule has 0 fully saturated rings. The van der Waals surface area contributed by atoms with E-state index in [1.807, 2.05) is 18.2 Å². The maximum Gasteiger partial charge on any atom is 0.303 e. The van der Waals surface area contributed by atoms with Crippen molar-refractivity contribution in [3.05, 3.63) is 42.6 Å². The average Bonchev–Trinajstić information content (AvgIpc) is 2.80. The Hall–Kier alpha value is -2.10. The van der Waals surface area contributed by atoms with Crippen molar-refractivity contribution in [3.63, 3.8) is 0 Å². The Bertz CT molecular complexity index is 477. The Morgan fingerprint density at radius 3 is 2.94 bits per heavy atom. The normalized spacial score (nSPS) is 10.2. The summed E-state index contributed by atoms with van der Waals surface area (Å²) in [5.74, 6) is -0.810. The number of aliphatic carboxylic acids is 1. The van der Waals surface area contributed by atoms with E-state index < -0.39 is 5.97 Å². The molecule has 4 nitrogen and oxygen atoms in total. The molecule has 82 valence electrons. The van der Waals surface area contributed by atoms with Gasteiger partial charge < -0.3 is 9.52 Å². The summed E-state index contributed by atoms with van der Waals surface area (Å²) < 4.78 is 4.99. The van der Waals surface area contributed by atoms with Crippen molar-refractivity contribution in [2.75, 3.05) is 0 Å². The van der Waals surface area contributed by atoms with E-state index in [0.717, 1.165) is 16.8 Å². The Kier molecular flexibility index (Phi) is 3.00. The van der Waals surface area contributed by atoms with E-state index in [0.29, 0.717) is 6.42 Å². The smallest absolute Gasteiger partial charge is 0.303 e. The number of aromatic nitrogens is 1.